The third-order valence-electron chi connectivity index (χ3n) is 5.55. The molecular formula is C27H26FN3O2. The van der Waals surface area contributed by atoms with Gasteiger partial charge in [0.15, 0.2) is 0 Å². The second kappa shape index (κ2) is 10.1. The number of benzene rings is 3. The van der Waals surface area contributed by atoms with Gasteiger partial charge in [0, 0.05) is 41.7 Å². The Morgan fingerprint density at radius 1 is 0.939 bits per heavy atom. The van der Waals surface area contributed by atoms with Crippen LogP contribution in [0.25, 0.3) is 22.2 Å². The van der Waals surface area contributed by atoms with Crippen LogP contribution in [0.3, 0.4) is 0 Å². The van der Waals surface area contributed by atoms with Crippen molar-refractivity contribution in [2.45, 2.75) is 26.3 Å². The maximum atomic E-state index is 14.0. The van der Waals surface area contributed by atoms with Gasteiger partial charge in [-0.3, -0.25) is 9.59 Å². The standard InChI is InChI=1S/C27H26FN3O2/c1-2-29-27(33)20-10-6-7-18(15-20)17-30-25(32)14-12-22-23-16-21(28)11-13-24(23)31-26(22)19-8-4-3-5-9-19/h3-11,13,15-16,31H,2,12,14,17H2,1H3,(H,29,33)(H,30,32). The van der Waals surface area contributed by atoms with Crippen LogP contribution in [-0.4, -0.2) is 23.3 Å². The van der Waals surface area contributed by atoms with E-state index in [9.17, 15) is 14.0 Å². The molecule has 6 heteroatoms. The maximum Gasteiger partial charge on any atom is 0.251 e. The van der Waals surface area contributed by atoms with Gasteiger partial charge in [-0.1, -0.05) is 42.5 Å². The van der Waals surface area contributed by atoms with Crippen LogP contribution in [0.4, 0.5) is 4.39 Å². The van der Waals surface area contributed by atoms with Crippen molar-refractivity contribution in [2.75, 3.05) is 6.54 Å². The molecule has 0 saturated carbocycles. The molecule has 0 aliphatic heterocycles. The van der Waals surface area contributed by atoms with Gasteiger partial charge in [-0.15, -0.1) is 0 Å². The number of carbonyl (C=O) groups is 2. The predicted octanol–water partition coefficient (Wildman–Crippen LogP) is 4.97. The van der Waals surface area contributed by atoms with Crippen LogP contribution in [0.15, 0.2) is 72.8 Å². The van der Waals surface area contributed by atoms with Crippen molar-refractivity contribution in [3.8, 4) is 11.3 Å². The Morgan fingerprint density at radius 3 is 2.55 bits per heavy atom. The number of aromatic nitrogens is 1. The summed E-state index contributed by atoms with van der Waals surface area (Å²) in [4.78, 5) is 28.0. The van der Waals surface area contributed by atoms with E-state index < -0.39 is 0 Å². The number of aryl methyl sites for hydroxylation is 1. The molecule has 4 aromatic rings. The monoisotopic (exact) mass is 443 g/mol. The zero-order chi connectivity index (χ0) is 23.2. The first kappa shape index (κ1) is 22.3. The predicted molar refractivity (Wildman–Crippen MR) is 128 cm³/mol. The molecule has 0 fully saturated rings. The molecule has 1 heterocycles. The summed E-state index contributed by atoms with van der Waals surface area (Å²) in [6, 6.07) is 21.7. The van der Waals surface area contributed by atoms with E-state index in [1.165, 1.54) is 12.1 Å². The van der Waals surface area contributed by atoms with Gasteiger partial charge in [0.25, 0.3) is 5.91 Å². The third kappa shape index (κ3) is 5.29. The smallest absolute Gasteiger partial charge is 0.251 e. The van der Waals surface area contributed by atoms with Crippen molar-refractivity contribution < 1.29 is 14.0 Å². The summed E-state index contributed by atoms with van der Waals surface area (Å²) in [6.45, 7) is 2.76. The molecular weight excluding hydrogens is 417 g/mol. The van der Waals surface area contributed by atoms with Gasteiger partial charge in [0.05, 0.1) is 0 Å². The SMILES string of the molecule is CCNC(=O)c1cccc(CNC(=O)CCc2c(-c3ccccc3)[nH]c3ccc(F)cc23)c1. The number of fused-ring (bicyclic) bond motifs is 1. The van der Waals surface area contributed by atoms with Crippen LogP contribution >= 0.6 is 0 Å². The second-order valence-electron chi connectivity index (χ2n) is 7.87. The minimum absolute atomic E-state index is 0.108. The third-order valence-corrected chi connectivity index (χ3v) is 5.55. The molecule has 0 radical (unpaired) electrons. The highest BCUT2D eigenvalue weighted by atomic mass is 19.1. The summed E-state index contributed by atoms with van der Waals surface area (Å²) in [7, 11) is 0. The van der Waals surface area contributed by atoms with Crippen molar-refractivity contribution in [3.63, 3.8) is 0 Å². The molecule has 0 spiro atoms. The van der Waals surface area contributed by atoms with E-state index in [1.807, 2.05) is 43.3 Å². The Morgan fingerprint density at radius 2 is 1.76 bits per heavy atom. The van der Waals surface area contributed by atoms with E-state index >= 15 is 0 Å². The molecule has 0 saturated heterocycles. The summed E-state index contributed by atoms with van der Waals surface area (Å²) < 4.78 is 14.0. The second-order valence-corrected chi connectivity index (χ2v) is 7.87. The van der Waals surface area contributed by atoms with Crippen LogP contribution in [0.5, 0.6) is 0 Å². The highest BCUT2D eigenvalue weighted by molar-refractivity contribution is 5.94. The van der Waals surface area contributed by atoms with E-state index in [1.54, 1.807) is 24.3 Å². The average molecular weight is 444 g/mol. The molecule has 2 amide bonds. The Balaban J connectivity index is 1.46. The summed E-state index contributed by atoms with van der Waals surface area (Å²) >= 11 is 0. The van der Waals surface area contributed by atoms with Crippen LogP contribution < -0.4 is 10.6 Å². The van der Waals surface area contributed by atoms with Gasteiger partial charge in [0.2, 0.25) is 5.91 Å². The van der Waals surface area contributed by atoms with Gasteiger partial charge >= 0.3 is 0 Å². The fraction of sp³-hybridized carbons (Fsp3) is 0.185. The van der Waals surface area contributed by atoms with E-state index in [0.717, 1.165) is 33.3 Å². The van der Waals surface area contributed by atoms with Crippen LogP contribution in [0.1, 0.15) is 34.8 Å². The summed E-state index contributed by atoms with van der Waals surface area (Å²) in [5.74, 6) is -0.548. The Labute approximate surface area is 192 Å². The first-order valence-corrected chi connectivity index (χ1v) is 11.0. The molecule has 3 aromatic carbocycles. The Kier molecular flexibility index (Phi) is 6.83. The van der Waals surface area contributed by atoms with E-state index in [-0.39, 0.29) is 24.1 Å². The molecule has 33 heavy (non-hydrogen) atoms. The Bertz CT molecular complexity index is 1280. The molecule has 3 N–H and O–H groups in total. The number of halogens is 1. The maximum absolute atomic E-state index is 14.0. The lowest BCUT2D eigenvalue weighted by molar-refractivity contribution is -0.121. The fourth-order valence-electron chi connectivity index (χ4n) is 3.94. The molecule has 5 nitrogen and oxygen atoms in total. The van der Waals surface area contributed by atoms with Crippen molar-refractivity contribution >= 4 is 22.7 Å². The number of H-pyrrole nitrogens is 1. The largest absolute Gasteiger partial charge is 0.354 e. The number of carbonyl (C=O) groups excluding carboxylic acids is 2. The van der Waals surface area contributed by atoms with Gasteiger partial charge < -0.3 is 15.6 Å². The number of hydrogen-bond donors (Lipinski definition) is 3. The summed E-state index contributed by atoms with van der Waals surface area (Å²) in [5.41, 5.74) is 5.07. The number of hydrogen-bond acceptors (Lipinski definition) is 2. The minimum atomic E-state index is -0.307. The van der Waals surface area contributed by atoms with Crippen LogP contribution in [0, 0.1) is 5.82 Å². The van der Waals surface area contributed by atoms with Gasteiger partial charge in [0.1, 0.15) is 5.82 Å². The Hall–Kier alpha value is -3.93. The molecule has 0 bridgehead atoms. The zero-order valence-electron chi connectivity index (χ0n) is 18.5. The average Bonchev–Trinajstić information content (AvgIpc) is 3.20. The van der Waals surface area contributed by atoms with Crippen LogP contribution in [-0.2, 0) is 17.8 Å². The molecule has 0 atom stereocenters. The molecule has 168 valence electrons. The van der Waals surface area contributed by atoms with Crippen LogP contribution in [0.2, 0.25) is 0 Å². The van der Waals surface area contributed by atoms with Gasteiger partial charge in [-0.05, 0) is 60.4 Å². The number of nitrogens with one attached hydrogen (secondary N) is 3. The highest BCUT2D eigenvalue weighted by Crippen LogP contribution is 2.31. The first-order chi connectivity index (χ1) is 16.0. The molecule has 1 aromatic heterocycles. The van der Waals surface area contributed by atoms with Gasteiger partial charge in [-0.25, -0.2) is 4.39 Å². The van der Waals surface area contributed by atoms with Crippen molar-refractivity contribution in [1.29, 1.82) is 0 Å². The normalized spacial score (nSPS) is 10.8. The van der Waals surface area contributed by atoms with E-state index in [2.05, 4.69) is 15.6 Å². The number of aromatic amines is 1. The minimum Gasteiger partial charge on any atom is -0.354 e. The number of rotatable bonds is 8. The molecule has 0 aliphatic carbocycles. The molecule has 4 rings (SSSR count). The molecule has 0 aliphatic rings. The topological polar surface area (TPSA) is 74.0 Å². The van der Waals surface area contributed by atoms with Crippen molar-refractivity contribution in [3.05, 3.63) is 95.3 Å². The number of amides is 2. The van der Waals surface area contributed by atoms with Crippen molar-refractivity contribution in [1.82, 2.24) is 15.6 Å². The summed E-state index contributed by atoms with van der Waals surface area (Å²) in [5, 5.41) is 6.48. The van der Waals surface area contributed by atoms with Gasteiger partial charge in [-0.2, -0.15) is 0 Å². The lowest BCUT2D eigenvalue weighted by Crippen LogP contribution is -2.24. The summed E-state index contributed by atoms with van der Waals surface area (Å²) in [6.07, 6.45) is 0.734. The highest BCUT2D eigenvalue weighted by Gasteiger charge is 2.15. The molecule has 0 unspecified atom stereocenters. The quantitative estimate of drug-likeness (QED) is 0.360. The lowest BCUT2D eigenvalue weighted by Gasteiger charge is -2.09. The van der Waals surface area contributed by atoms with E-state index in [4.69, 9.17) is 0 Å². The first-order valence-electron chi connectivity index (χ1n) is 11.0. The fourth-order valence-corrected chi connectivity index (χ4v) is 3.94. The lowest BCUT2D eigenvalue weighted by atomic mass is 10.0. The van der Waals surface area contributed by atoms with E-state index in [0.29, 0.717) is 25.1 Å². The zero-order valence-corrected chi connectivity index (χ0v) is 18.5. The van der Waals surface area contributed by atoms with Crippen molar-refractivity contribution in [2.24, 2.45) is 0 Å².